The van der Waals surface area contributed by atoms with Crippen LogP contribution in [0.4, 0.5) is 10.2 Å². The van der Waals surface area contributed by atoms with Crippen molar-refractivity contribution in [3.63, 3.8) is 0 Å². The van der Waals surface area contributed by atoms with Crippen LogP contribution in [0.25, 0.3) is 11.1 Å². The highest BCUT2D eigenvalue weighted by molar-refractivity contribution is 6.01. The van der Waals surface area contributed by atoms with Gasteiger partial charge in [-0.2, -0.15) is 4.39 Å². The molecule has 0 bridgehead atoms. The second kappa shape index (κ2) is 9.79. The summed E-state index contributed by atoms with van der Waals surface area (Å²) in [6, 6.07) is 4.27. The van der Waals surface area contributed by atoms with Crippen molar-refractivity contribution in [2.45, 2.75) is 58.9 Å². The molecule has 36 heavy (non-hydrogen) atoms. The molecule has 2 saturated carbocycles. The maximum Gasteiger partial charge on any atom is 0.257 e. The Balaban J connectivity index is 1.38. The maximum atomic E-state index is 15.0. The molecular formula is C27H30FN5O3. The van der Waals surface area contributed by atoms with Gasteiger partial charge in [0.15, 0.2) is 0 Å². The van der Waals surface area contributed by atoms with Crippen LogP contribution in [0.5, 0.6) is 0 Å². The highest BCUT2D eigenvalue weighted by Gasteiger charge is 2.48. The standard InChI is InChI=1S/C27H30FN5O3/c1-4-21-20(13-36-33-21)26(34)32-24(23(16-5-6-16)17-7-8-17)27(35)31-22-10-9-18(25(28)30-22)19-11-14(2)12-29-15(19)3/h9-13,16-17,23-24H,4-8H2,1-3H3,(H,32,34)(H,30,31,35)/t24-/m0/s1. The molecule has 3 aromatic rings. The average molecular weight is 492 g/mol. The number of hydrogen-bond acceptors (Lipinski definition) is 6. The van der Waals surface area contributed by atoms with Crippen molar-refractivity contribution in [2.24, 2.45) is 17.8 Å². The molecule has 5 rings (SSSR count). The third-order valence-corrected chi connectivity index (χ3v) is 7.12. The molecule has 2 aliphatic rings. The molecule has 8 nitrogen and oxygen atoms in total. The lowest BCUT2D eigenvalue weighted by Gasteiger charge is -2.27. The minimum Gasteiger partial charge on any atom is -0.364 e. The topological polar surface area (TPSA) is 110 Å². The van der Waals surface area contributed by atoms with Crippen molar-refractivity contribution < 1.29 is 18.5 Å². The van der Waals surface area contributed by atoms with Crippen molar-refractivity contribution in [3.8, 4) is 11.1 Å². The first kappa shape index (κ1) is 24.1. The summed E-state index contributed by atoms with van der Waals surface area (Å²) in [5.74, 6) is -0.559. The second-order valence-corrected chi connectivity index (χ2v) is 9.90. The lowest BCUT2D eigenvalue weighted by molar-refractivity contribution is -0.119. The van der Waals surface area contributed by atoms with Crippen LogP contribution in [0.15, 0.2) is 35.2 Å². The molecular weight excluding hydrogens is 461 g/mol. The fraction of sp³-hybridized carbons (Fsp3) is 0.444. The number of halogens is 1. The van der Waals surface area contributed by atoms with Gasteiger partial charge < -0.3 is 15.2 Å². The fourth-order valence-electron chi connectivity index (χ4n) is 4.97. The van der Waals surface area contributed by atoms with Crippen molar-refractivity contribution in [1.29, 1.82) is 0 Å². The van der Waals surface area contributed by atoms with Crippen LogP contribution in [0.1, 0.15) is 59.9 Å². The third kappa shape index (κ3) is 5.01. The van der Waals surface area contributed by atoms with Gasteiger partial charge in [0.05, 0.1) is 5.69 Å². The zero-order valence-electron chi connectivity index (χ0n) is 20.7. The Bertz CT molecular complexity index is 1290. The van der Waals surface area contributed by atoms with E-state index in [9.17, 15) is 9.59 Å². The Morgan fingerprint density at radius 2 is 1.86 bits per heavy atom. The van der Waals surface area contributed by atoms with E-state index in [2.05, 4.69) is 25.8 Å². The van der Waals surface area contributed by atoms with Crippen molar-refractivity contribution in [2.75, 3.05) is 5.32 Å². The minimum atomic E-state index is -0.759. The molecule has 0 aliphatic heterocycles. The van der Waals surface area contributed by atoms with E-state index in [1.54, 1.807) is 18.3 Å². The first-order valence-corrected chi connectivity index (χ1v) is 12.5. The highest BCUT2D eigenvalue weighted by Crippen LogP contribution is 2.51. The van der Waals surface area contributed by atoms with E-state index in [0.717, 1.165) is 31.2 Å². The van der Waals surface area contributed by atoms with Gasteiger partial charge in [-0.3, -0.25) is 14.6 Å². The van der Waals surface area contributed by atoms with E-state index >= 15 is 4.39 Å². The van der Waals surface area contributed by atoms with Gasteiger partial charge in [0, 0.05) is 23.0 Å². The molecule has 0 aromatic carbocycles. The van der Waals surface area contributed by atoms with Gasteiger partial charge in [-0.15, -0.1) is 0 Å². The number of hydrogen-bond donors (Lipinski definition) is 2. The van der Waals surface area contributed by atoms with E-state index in [-0.39, 0.29) is 11.7 Å². The number of amides is 2. The summed E-state index contributed by atoms with van der Waals surface area (Å²) >= 11 is 0. The van der Waals surface area contributed by atoms with E-state index in [1.807, 2.05) is 26.8 Å². The van der Waals surface area contributed by atoms with Gasteiger partial charge in [0.2, 0.25) is 11.9 Å². The summed E-state index contributed by atoms with van der Waals surface area (Å²) in [4.78, 5) is 34.9. The number of carbonyl (C=O) groups is 2. The van der Waals surface area contributed by atoms with Gasteiger partial charge in [0.25, 0.3) is 5.91 Å². The molecule has 0 unspecified atom stereocenters. The highest BCUT2D eigenvalue weighted by atomic mass is 19.1. The number of rotatable bonds is 9. The Morgan fingerprint density at radius 1 is 1.14 bits per heavy atom. The van der Waals surface area contributed by atoms with Gasteiger partial charge in [-0.25, -0.2) is 4.98 Å². The SMILES string of the molecule is CCc1nocc1C(=O)N[C@H](C(=O)Nc1ccc(-c2cc(C)cnc2C)c(F)n1)C(C1CC1)C1CC1. The van der Waals surface area contributed by atoms with Gasteiger partial charge in [0.1, 0.15) is 23.7 Å². The monoisotopic (exact) mass is 491 g/mol. The second-order valence-electron chi connectivity index (χ2n) is 9.90. The van der Waals surface area contributed by atoms with Crippen LogP contribution >= 0.6 is 0 Å². The predicted molar refractivity (Wildman–Crippen MR) is 132 cm³/mol. The Hall–Kier alpha value is -3.62. The normalized spacial score (nSPS) is 16.1. The number of nitrogens with one attached hydrogen (secondary N) is 2. The average Bonchev–Trinajstić information content (AvgIpc) is 3.80. The fourth-order valence-corrected chi connectivity index (χ4v) is 4.97. The van der Waals surface area contributed by atoms with Crippen LogP contribution in [0.3, 0.4) is 0 Å². The van der Waals surface area contributed by atoms with Crippen LogP contribution in [-0.4, -0.2) is 33.0 Å². The molecule has 0 spiro atoms. The van der Waals surface area contributed by atoms with E-state index in [4.69, 9.17) is 4.52 Å². The number of pyridine rings is 2. The molecule has 1 atom stereocenters. The maximum absolute atomic E-state index is 15.0. The molecule has 0 saturated heterocycles. The number of aromatic nitrogens is 3. The lowest BCUT2D eigenvalue weighted by atomic mass is 9.88. The molecule has 0 radical (unpaired) electrons. The Morgan fingerprint density at radius 3 is 2.50 bits per heavy atom. The summed E-state index contributed by atoms with van der Waals surface area (Å²) in [6.07, 6.45) is 7.74. The summed E-state index contributed by atoms with van der Waals surface area (Å²) in [6.45, 7) is 5.59. The number of anilines is 1. The zero-order valence-corrected chi connectivity index (χ0v) is 20.7. The van der Waals surface area contributed by atoms with E-state index in [1.165, 1.54) is 6.26 Å². The van der Waals surface area contributed by atoms with Gasteiger partial charge in [-0.1, -0.05) is 12.1 Å². The van der Waals surface area contributed by atoms with E-state index < -0.39 is 23.8 Å². The molecule has 3 aromatic heterocycles. The van der Waals surface area contributed by atoms with Crippen molar-refractivity contribution in [1.82, 2.24) is 20.4 Å². The summed E-state index contributed by atoms with van der Waals surface area (Å²) < 4.78 is 20.0. The lowest BCUT2D eigenvalue weighted by Crippen LogP contribution is -2.50. The van der Waals surface area contributed by atoms with Crippen molar-refractivity contribution >= 4 is 17.6 Å². The van der Waals surface area contributed by atoms with Crippen LogP contribution in [0, 0.1) is 37.5 Å². The summed E-state index contributed by atoms with van der Waals surface area (Å²) in [7, 11) is 0. The van der Waals surface area contributed by atoms with Gasteiger partial charge in [-0.05, 0) is 87.5 Å². The molecule has 2 fully saturated rings. The molecule has 2 aliphatic carbocycles. The summed E-state index contributed by atoms with van der Waals surface area (Å²) in [5, 5.41) is 9.57. The molecule has 2 amide bonds. The molecule has 3 heterocycles. The Labute approximate surface area is 209 Å². The quantitative estimate of drug-likeness (QED) is 0.423. The smallest absolute Gasteiger partial charge is 0.257 e. The molecule has 2 N–H and O–H groups in total. The molecule has 9 heteroatoms. The molecule has 188 valence electrons. The predicted octanol–water partition coefficient (Wildman–Crippen LogP) is 4.62. The van der Waals surface area contributed by atoms with Crippen LogP contribution in [-0.2, 0) is 11.2 Å². The number of aryl methyl sites for hydroxylation is 3. The number of nitrogens with zero attached hydrogens (tertiary/aromatic N) is 3. The third-order valence-electron chi connectivity index (χ3n) is 7.12. The van der Waals surface area contributed by atoms with Crippen molar-refractivity contribution in [3.05, 3.63) is 59.1 Å². The van der Waals surface area contributed by atoms with E-state index in [0.29, 0.717) is 46.3 Å². The largest absolute Gasteiger partial charge is 0.364 e. The first-order valence-electron chi connectivity index (χ1n) is 12.5. The van der Waals surface area contributed by atoms with Crippen LogP contribution in [0.2, 0.25) is 0 Å². The first-order chi connectivity index (χ1) is 17.4. The van der Waals surface area contributed by atoms with Gasteiger partial charge >= 0.3 is 0 Å². The zero-order chi connectivity index (χ0) is 25.4. The Kier molecular flexibility index (Phi) is 6.55. The minimum absolute atomic E-state index is 0.0315. The van der Waals surface area contributed by atoms with Crippen LogP contribution < -0.4 is 10.6 Å². The number of carbonyl (C=O) groups excluding carboxylic acids is 2. The summed E-state index contributed by atoms with van der Waals surface area (Å²) in [5.41, 5.74) is 3.46.